The number of sulfonamides is 1. The molecule has 2 aromatic heterocycles. The van der Waals surface area contributed by atoms with Gasteiger partial charge in [0, 0.05) is 25.0 Å². The number of nitrogens with zero attached hydrogens (tertiary/aromatic N) is 3. The van der Waals surface area contributed by atoms with Gasteiger partial charge in [-0.2, -0.15) is 4.98 Å². The maximum atomic E-state index is 13.6. The number of rotatable bonds is 9. The number of alkyl halides is 1. The molecule has 0 amide bonds. The monoisotopic (exact) mass is 452 g/mol. The zero-order chi connectivity index (χ0) is 22.4. The normalized spacial score (nSPS) is 20.3. The van der Waals surface area contributed by atoms with Crippen molar-refractivity contribution in [3.8, 4) is 11.3 Å². The van der Waals surface area contributed by atoms with Crippen molar-refractivity contribution in [1.82, 2.24) is 19.7 Å². The van der Waals surface area contributed by atoms with Crippen LogP contribution in [0.25, 0.3) is 11.3 Å². The van der Waals surface area contributed by atoms with E-state index in [1.165, 1.54) is 19.3 Å². The van der Waals surface area contributed by atoms with Crippen molar-refractivity contribution in [1.29, 1.82) is 0 Å². The minimum absolute atomic E-state index is 0.0577. The fraction of sp³-hybridized carbons (Fsp3) is 0.550. The standard InChI is InChI=1S/C20H29FN6O3S/c1-3-13(21)10-24-20-25-12-17(18-9-8-16(11-23-18)31(29,30)22-2)19(27-20)26-14-4-6-15(28)7-5-14/h8-9,11-15,22,28H,3-7,10H2,1-2H3,(H2,24,25,26,27)/t13-,14?,15?/m0/s1. The van der Waals surface area contributed by atoms with Gasteiger partial charge < -0.3 is 15.7 Å². The Labute approximate surface area is 182 Å². The lowest BCUT2D eigenvalue weighted by molar-refractivity contribution is 0.126. The van der Waals surface area contributed by atoms with Gasteiger partial charge in [0.25, 0.3) is 0 Å². The summed E-state index contributed by atoms with van der Waals surface area (Å²) in [6, 6.07) is 3.19. The first-order chi connectivity index (χ1) is 14.8. The Hall–Kier alpha value is -2.37. The predicted octanol–water partition coefficient (Wildman–Crippen LogP) is 2.32. The van der Waals surface area contributed by atoms with E-state index in [0.717, 1.165) is 12.8 Å². The highest BCUT2D eigenvalue weighted by Crippen LogP contribution is 2.29. The van der Waals surface area contributed by atoms with Crippen molar-refractivity contribution in [3.63, 3.8) is 0 Å². The molecule has 0 spiro atoms. The number of halogens is 1. The molecule has 0 saturated heterocycles. The summed E-state index contributed by atoms with van der Waals surface area (Å²) in [6.45, 7) is 1.88. The van der Waals surface area contributed by atoms with Gasteiger partial charge in [0.15, 0.2) is 0 Å². The van der Waals surface area contributed by atoms with Crippen molar-refractivity contribution in [2.24, 2.45) is 0 Å². The molecule has 2 heterocycles. The third-order valence-electron chi connectivity index (χ3n) is 5.34. The summed E-state index contributed by atoms with van der Waals surface area (Å²) in [7, 11) is -2.25. The van der Waals surface area contributed by atoms with Crippen LogP contribution in [0.5, 0.6) is 0 Å². The summed E-state index contributed by atoms with van der Waals surface area (Å²) in [6.07, 6.45) is 4.99. The lowest BCUT2D eigenvalue weighted by atomic mass is 9.93. The molecule has 2 aromatic rings. The van der Waals surface area contributed by atoms with E-state index in [0.29, 0.717) is 42.3 Å². The maximum Gasteiger partial charge on any atom is 0.241 e. The van der Waals surface area contributed by atoms with Crippen molar-refractivity contribution in [2.45, 2.75) is 62.2 Å². The van der Waals surface area contributed by atoms with Gasteiger partial charge in [-0.15, -0.1) is 0 Å². The van der Waals surface area contributed by atoms with Gasteiger partial charge in [0.05, 0.1) is 17.4 Å². The molecule has 4 N–H and O–H groups in total. The maximum absolute atomic E-state index is 13.6. The summed E-state index contributed by atoms with van der Waals surface area (Å²) < 4.78 is 39.8. The number of anilines is 2. The molecular weight excluding hydrogens is 423 g/mol. The highest BCUT2D eigenvalue weighted by atomic mass is 32.2. The Morgan fingerprint density at radius 3 is 2.55 bits per heavy atom. The van der Waals surface area contributed by atoms with Gasteiger partial charge in [-0.3, -0.25) is 4.98 Å². The Morgan fingerprint density at radius 1 is 1.19 bits per heavy atom. The molecule has 1 aliphatic carbocycles. The second kappa shape index (κ2) is 10.3. The van der Waals surface area contributed by atoms with E-state index in [4.69, 9.17) is 0 Å². The average molecular weight is 453 g/mol. The van der Waals surface area contributed by atoms with E-state index in [2.05, 4.69) is 30.3 Å². The minimum atomic E-state index is -3.59. The van der Waals surface area contributed by atoms with Crippen LogP contribution in [-0.4, -0.2) is 60.4 Å². The van der Waals surface area contributed by atoms with Crippen molar-refractivity contribution in [3.05, 3.63) is 24.5 Å². The van der Waals surface area contributed by atoms with Crippen LogP contribution in [0, 0.1) is 0 Å². The van der Waals surface area contributed by atoms with Gasteiger partial charge in [0.1, 0.15) is 16.9 Å². The Kier molecular flexibility index (Phi) is 7.74. The molecule has 1 atom stereocenters. The number of pyridine rings is 1. The van der Waals surface area contributed by atoms with E-state index in [1.807, 2.05) is 0 Å². The Bertz CT molecular complexity index is 965. The number of aromatic nitrogens is 3. The fourth-order valence-electron chi connectivity index (χ4n) is 3.34. The second-order valence-electron chi connectivity index (χ2n) is 7.58. The third-order valence-corrected chi connectivity index (χ3v) is 6.74. The van der Waals surface area contributed by atoms with Gasteiger partial charge >= 0.3 is 0 Å². The lowest BCUT2D eigenvalue weighted by Crippen LogP contribution is -2.29. The predicted molar refractivity (Wildman–Crippen MR) is 117 cm³/mol. The number of nitrogens with one attached hydrogen (secondary N) is 3. The number of aliphatic hydroxyl groups excluding tert-OH is 1. The van der Waals surface area contributed by atoms with Crippen LogP contribution in [-0.2, 0) is 10.0 Å². The first-order valence-corrected chi connectivity index (χ1v) is 11.9. The highest BCUT2D eigenvalue weighted by Gasteiger charge is 2.22. The molecule has 1 fully saturated rings. The van der Waals surface area contributed by atoms with E-state index in [-0.39, 0.29) is 23.6 Å². The smallest absolute Gasteiger partial charge is 0.241 e. The van der Waals surface area contributed by atoms with E-state index >= 15 is 0 Å². The van der Waals surface area contributed by atoms with Crippen LogP contribution in [0.2, 0.25) is 0 Å². The van der Waals surface area contributed by atoms with Crippen LogP contribution < -0.4 is 15.4 Å². The van der Waals surface area contributed by atoms with E-state index < -0.39 is 16.2 Å². The molecule has 0 aliphatic heterocycles. The van der Waals surface area contributed by atoms with Gasteiger partial charge in [-0.05, 0) is 51.3 Å². The molecule has 1 aliphatic rings. The van der Waals surface area contributed by atoms with Gasteiger partial charge in [-0.25, -0.2) is 22.5 Å². The number of hydrogen-bond donors (Lipinski definition) is 4. The van der Waals surface area contributed by atoms with Crippen LogP contribution in [0.1, 0.15) is 39.0 Å². The molecular formula is C20H29FN6O3S. The molecule has 1 saturated carbocycles. The summed E-state index contributed by atoms with van der Waals surface area (Å²) in [4.78, 5) is 13.1. The lowest BCUT2D eigenvalue weighted by Gasteiger charge is -2.27. The topological polar surface area (TPSA) is 129 Å². The van der Waals surface area contributed by atoms with Crippen LogP contribution in [0.3, 0.4) is 0 Å². The highest BCUT2D eigenvalue weighted by molar-refractivity contribution is 7.89. The van der Waals surface area contributed by atoms with E-state index in [1.54, 1.807) is 19.2 Å². The first kappa shape index (κ1) is 23.3. The van der Waals surface area contributed by atoms with Crippen LogP contribution in [0.15, 0.2) is 29.4 Å². The fourth-order valence-corrected chi connectivity index (χ4v) is 4.02. The summed E-state index contributed by atoms with van der Waals surface area (Å²) in [5.74, 6) is 0.829. The largest absolute Gasteiger partial charge is 0.393 e. The summed E-state index contributed by atoms with van der Waals surface area (Å²) >= 11 is 0. The average Bonchev–Trinajstić information content (AvgIpc) is 2.79. The molecule has 9 nitrogen and oxygen atoms in total. The molecule has 0 aromatic carbocycles. The number of aliphatic hydroxyl groups is 1. The summed E-state index contributed by atoms with van der Waals surface area (Å²) in [5.41, 5.74) is 1.12. The quantitative estimate of drug-likeness (QED) is 0.456. The van der Waals surface area contributed by atoms with Crippen molar-refractivity contribution >= 4 is 21.8 Å². The molecule has 3 rings (SSSR count). The van der Waals surface area contributed by atoms with Crippen molar-refractivity contribution < 1.29 is 17.9 Å². The zero-order valence-corrected chi connectivity index (χ0v) is 18.5. The van der Waals surface area contributed by atoms with Gasteiger partial charge in [0.2, 0.25) is 16.0 Å². The third kappa shape index (κ3) is 6.08. The minimum Gasteiger partial charge on any atom is -0.393 e. The number of hydrogen-bond acceptors (Lipinski definition) is 8. The molecule has 0 unspecified atom stereocenters. The molecule has 0 radical (unpaired) electrons. The van der Waals surface area contributed by atoms with Gasteiger partial charge in [-0.1, -0.05) is 6.92 Å². The van der Waals surface area contributed by atoms with Crippen LogP contribution in [0.4, 0.5) is 16.2 Å². The molecule has 31 heavy (non-hydrogen) atoms. The van der Waals surface area contributed by atoms with E-state index in [9.17, 15) is 17.9 Å². The zero-order valence-electron chi connectivity index (χ0n) is 17.7. The molecule has 11 heteroatoms. The second-order valence-corrected chi connectivity index (χ2v) is 9.47. The Balaban J connectivity index is 1.88. The molecule has 0 bridgehead atoms. The van der Waals surface area contributed by atoms with Crippen LogP contribution >= 0.6 is 0 Å². The van der Waals surface area contributed by atoms with Crippen molar-refractivity contribution in [2.75, 3.05) is 24.2 Å². The first-order valence-electron chi connectivity index (χ1n) is 10.4. The molecule has 170 valence electrons. The summed E-state index contributed by atoms with van der Waals surface area (Å²) in [5, 5.41) is 16.1. The SMILES string of the molecule is CC[C@H](F)CNc1ncc(-c2ccc(S(=O)(=O)NC)cn2)c(NC2CCC(O)CC2)n1. The Morgan fingerprint density at radius 2 is 1.94 bits per heavy atom.